The largest absolute Gasteiger partial charge is 0.508 e. The van der Waals surface area contributed by atoms with Gasteiger partial charge in [-0.2, -0.15) is 4.89 Å². The van der Waals surface area contributed by atoms with Gasteiger partial charge in [0.2, 0.25) is 0 Å². The zero-order chi connectivity index (χ0) is 24.3. The fraction of sp³-hybridized carbons (Fsp3) is 0.963. The minimum absolute atomic E-state index is 0.0135. The summed E-state index contributed by atoms with van der Waals surface area (Å²) in [6, 6.07) is 0. The van der Waals surface area contributed by atoms with Crippen LogP contribution < -0.4 is 0 Å². The predicted molar refractivity (Wildman–Crippen MR) is 133 cm³/mol. The third kappa shape index (κ3) is 9.99. The number of unbranched alkanes of at least 4 members (excludes halogenated alkanes) is 5. The van der Waals surface area contributed by atoms with Crippen LogP contribution in [0, 0.1) is 11.3 Å². The summed E-state index contributed by atoms with van der Waals surface area (Å²) in [5.41, 5.74) is -0.384. The van der Waals surface area contributed by atoms with Gasteiger partial charge >= 0.3 is 6.16 Å². The van der Waals surface area contributed by atoms with Crippen LogP contribution in [0.1, 0.15) is 144 Å². The predicted octanol–water partition coefficient (Wildman–Crippen LogP) is 9.29. The Morgan fingerprint density at radius 2 is 1.22 bits per heavy atom. The molecule has 0 amide bonds. The Labute approximate surface area is 198 Å². The van der Waals surface area contributed by atoms with Gasteiger partial charge in [-0.1, -0.05) is 106 Å². The number of carbonyl (C=O) groups is 1. The highest BCUT2D eigenvalue weighted by molar-refractivity contribution is 5.57. The molecule has 5 heteroatoms. The fourth-order valence-electron chi connectivity index (χ4n) is 5.09. The van der Waals surface area contributed by atoms with E-state index in [0.29, 0.717) is 6.61 Å². The molecule has 1 unspecified atom stereocenters. The van der Waals surface area contributed by atoms with Crippen LogP contribution in [0.3, 0.4) is 0 Å². The van der Waals surface area contributed by atoms with E-state index >= 15 is 0 Å². The molecule has 0 heterocycles. The van der Waals surface area contributed by atoms with Crippen LogP contribution in [0.4, 0.5) is 4.79 Å². The lowest BCUT2D eigenvalue weighted by Gasteiger charge is -2.52. The Kier molecular flexibility index (Phi) is 18.1. The average molecular weight is 459 g/mol. The molecule has 32 heavy (non-hydrogen) atoms. The molecule has 0 aliphatic rings. The van der Waals surface area contributed by atoms with Crippen molar-refractivity contribution in [2.45, 2.75) is 150 Å². The minimum Gasteiger partial charge on any atom is -0.450 e. The number of ether oxygens (including phenoxy) is 1. The molecule has 0 bridgehead atoms. The number of rotatable bonds is 22. The van der Waals surface area contributed by atoms with Crippen LogP contribution in [0.15, 0.2) is 0 Å². The summed E-state index contributed by atoms with van der Waals surface area (Å²) < 4.78 is 5.96. The third-order valence-electron chi connectivity index (χ3n) is 6.84. The minimum atomic E-state index is -1.27. The number of carboxylic acid groups (broad SMARTS) is 1. The van der Waals surface area contributed by atoms with Crippen molar-refractivity contribution in [2.24, 2.45) is 11.3 Å². The smallest absolute Gasteiger partial charge is 0.450 e. The van der Waals surface area contributed by atoms with E-state index in [1.807, 2.05) is 0 Å². The molecule has 0 aromatic rings. The van der Waals surface area contributed by atoms with Crippen LogP contribution in [0.5, 0.6) is 0 Å². The van der Waals surface area contributed by atoms with Crippen molar-refractivity contribution >= 4 is 6.16 Å². The second kappa shape index (κ2) is 18.6. The normalized spacial score (nSPS) is 14.0. The summed E-state index contributed by atoms with van der Waals surface area (Å²) in [5.74, 6) is -1.28. The highest BCUT2D eigenvalue weighted by atomic mass is 17.2. The SMILES string of the molecule is CCCCOOC(OC(=O)O)(C(CCCC)CCCC)C(CCC)(CCCC)CCCC. The van der Waals surface area contributed by atoms with Gasteiger partial charge in [-0.05, 0) is 38.5 Å². The molecule has 0 spiro atoms. The zero-order valence-corrected chi connectivity index (χ0v) is 22.2. The molecule has 0 fully saturated rings. The summed E-state index contributed by atoms with van der Waals surface area (Å²) in [6.07, 6.45) is 14.4. The fourth-order valence-corrected chi connectivity index (χ4v) is 5.09. The first kappa shape index (κ1) is 31.2. The lowest BCUT2D eigenvalue weighted by atomic mass is 9.63. The second-order valence-corrected chi connectivity index (χ2v) is 9.51. The summed E-state index contributed by atoms with van der Waals surface area (Å²) in [5, 5.41) is 9.98. The third-order valence-corrected chi connectivity index (χ3v) is 6.84. The lowest BCUT2D eigenvalue weighted by molar-refractivity contribution is -0.466. The van der Waals surface area contributed by atoms with Gasteiger partial charge in [-0.3, -0.25) is 0 Å². The Bertz CT molecular complexity index is 437. The van der Waals surface area contributed by atoms with E-state index in [-0.39, 0.29) is 11.3 Å². The van der Waals surface area contributed by atoms with E-state index in [0.717, 1.165) is 103 Å². The van der Waals surface area contributed by atoms with Crippen LogP contribution in [0.2, 0.25) is 0 Å². The Balaban J connectivity index is 6.64. The van der Waals surface area contributed by atoms with Crippen LogP contribution >= 0.6 is 0 Å². The van der Waals surface area contributed by atoms with E-state index in [4.69, 9.17) is 14.5 Å². The van der Waals surface area contributed by atoms with Crippen molar-refractivity contribution in [3.05, 3.63) is 0 Å². The summed E-state index contributed by atoms with van der Waals surface area (Å²) in [7, 11) is 0. The Morgan fingerprint density at radius 1 is 0.719 bits per heavy atom. The maximum Gasteiger partial charge on any atom is 0.508 e. The van der Waals surface area contributed by atoms with E-state index in [2.05, 4.69) is 41.5 Å². The van der Waals surface area contributed by atoms with Gasteiger partial charge in [0, 0.05) is 11.3 Å². The molecule has 0 saturated heterocycles. The maximum absolute atomic E-state index is 12.2. The quantitative estimate of drug-likeness (QED) is 0.0575. The first-order chi connectivity index (χ1) is 15.4. The zero-order valence-electron chi connectivity index (χ0n) is 22.2. The van der Waals surface area contributed by atoms with Crippen molar-refractivity contribution in [1.82, 2.24) is 0 Å². The van der Waals surface area contributed by atoms with E-state index in [9.17, 15) is 9.90 Å². The van der Waals surface area contributed by atoms with Crippen LogP contribution in [-0.2, 0) is 14.5 Å². The van der Waals surface area contributed by atoms with Gasteiger partial charge < -0.3 is 9.84 Å². The molecule has 0 radical (unpaired) electrons. The van der Waals surface area contributed by atoms with Gasteiger partial charge in [-0.25, -0.2) is 9.68 Å². The van der Waals surface area contributed by atoms with Crippen molar-refractivity contribution in [2.75, 3.05) is 6.61 Å². The van der Waals surface area contributed by atoms with Crippen molar-refractivity contribution < 1.29 is 24.4 Å². The van der Waals surface area contributed by atoms with Crippen molar-refractivity contribution in [3.8, 4) is 0 Å². The topological polar surface area (TPSA) is 65.0 Å². The summed E-state index contributed by atoms with van der Waals surface area (Å²) in [6.45, 7) is 13.5. The average Bonchev–Trinajstić information content (AvgIpc) is 2.77. The highest BCUT2D eigenvalue weighted by Gasteiger charge is 2.59. The van der Waals surface area contributed by atoms with Crippen molar-refractivity contribution in [3.63, 3.8) is 0 Å². The maximum atomic E-state index is 12.2. The molecule has 0 saturated carbocycles. The van der Waals surface area contributed by atoms with E-state index in [1.165, 1.54) is 0 Å². The molecule has 192 valence electrons. The Hall–Kier alpha value is -0.810. The molecule has 1 N–H and O–H groups in total. The highest BCUT2D eigenvalue weighted by Crippen LogP contribution is 2.54. The molecular formula is C27H54O5. The van der Waals surface area contributed by atoms with Gasteiger partial charge in [0.15, 0.2) is 0 Å². The molecule has 0 aromatic heterocycles. The number of hydrogen-bond acceptors (Lipinski definition) is 4. The van der Waals surface area contributed by atoms with Gasteiger partial charge in [0.25, 0.3) is 5.79 Å². The van der Waals surface area contributed by atoms with Crippen molar-refractivity contribution in [1.29, 1.82) is 0 Å². The monoisotopic (exact) mass is 458 g/mol. The van der Waals surface area contributed by atoms with Crippen LogP contribution in [0.25, 0.3) is 0 Å². The molecule has 0 aliphatic heterocycles. The molecular weight excluding hydrogens is 404 g/mol. The van der Waals surface area contributed by atoms with Gasteiger partial charge in [-0.15, -0.1) is 0 Å². The second-order valence-electron chi connectivity index (χ2n) is 9.51. The van der Waals surface area contributed by atoms with E-state index in [1.54, 1.807) is 0 Å². The van der Waals surface area contributed by atoms with Gasteiger partial charge in [0.1, 0.15) is 0 Å². The molecule has 0 rings (SSSR count). The lowest BCUT2D eigenvalue weighted by Crippen LogP contribution is -2.58. The van der Waals surface area contributed by atoms with E-state index < -0.39 is 11.9 Å². The summed E-state index contributed by atoms with van der Waals surface area (Å²) >= 11 is 0. The Morgan fingerprint density at radius 3 is 1.62 bits per heavy atom. The summed E-state index contributed by atoms with van der Waals surface area (Å²) in [4.78, 5) is 24.3. The molecule has 1 atom stereocenters. The standard InChI is InChI=1S/C27H54O5/c1-7-13-18-24(19-14-8-2)27(31-25(28)29,32-30-23-17-11-5)26(20-12-6,21-15-9-3)22-16-10-4/h24H,7-23H2,1-6H3,(H,28,29). The molecule has 0 aliphatic carbocycles. The molecule has 5 nitrogen and oxygen atoms in total. The van der Waals surface area contributed by atoms with Crippen LogP contribution in [-0.4, -0.2) is 23.7 Å². The number of hydrogen-bond donors (Lipinski definition) is 1. The molecule has 0 aromatic carbocycles. The first-order valence-corrected chi connectivity index (χ1v) is 13.7. The first-order valence-electron chi connectivity index (χ1n) is 13.7. The van der Waals surface area contributed by atoms with Gasteiger partial charge in [0.05, 0.1) is 6.61 Å².